The maximum atomic E-state index is 13.4. The Balaban J connectivity index is 1.95. The van der Waals surface area contributed by atoms with Gasteiger partial charge in [0, 0.05) is 5.69 Å². The second-order valence-corrected chi connectivity index (χ2v) is 5.60. The number of carbonyl (C=O) groups is 1. The molecular formula is C15H16BrFN2O2. The number of hydrogen-bond acceptors (Lipinski definition) is 3. The van der Waals surface area contributed by atoms with Crippen molar-refractivity contribution >= 4 is 27.5 Å². The fourth-order valence-electron chi connectivity index (χ4n) is 1.84. The Hall–Kier alpha value is -1.82. The number of rotatable bonds is 5. The molecule has 21 heavy (non-hydrogen) atoms. The van der Waals surface area contributed by atoms with Crippen LogP contribution in [0.3, 0.4) is 0 Å². The zero-order chi connectivity index (χ0) is 15.4. The third kappa shape index (κ3) is 4.07. The van der Waals surface area contributed by atoms with Crippen LogP contribution < -0.4 is 10.6 Å². The lowest BCUT2D eigenvalue weighted by atomic mass is 10.1. The van der Waals surface area contributed by atoms with E-state index in [9.17, 15) is 9.18 Å². The van der Waals surface area contributed by atoms with Crippen LogP contribution in [-0.4, -0.2) is 11.9 Å². The first kappa shape index (κ1) is 15.6. The Labute approximate surface area is 130 Å². The molecule has 0 aliphatic rings. The quantitative estimate of drug-likeness (QED) is 0.862. The Morgan fingerprint density at radius 1 is 1.48 bits per heavy atom. The van der Waals surface area contributed by atoms with Gasteiger partial charge in [-0.05, 0) is 59.6 Å². The number of furan rings is 1. The molecule has 0 saturated heterocycles. The van der Waals surface area contributed by atoms with E-state index in [2.05, 4.69) is 26.6 Å². The molecule has 2 N–H and O–H groups in total. The second kappa shape index (κ2) is 6.76. The number of nitrogens with one attached hydrogen (secondary N) is 2. The largest absolute Gasteiger partial charge is 0.467 e. The SMILES string of the molecule is Cc1cc(F)c(Br)cc1NC(C)C(=O)NCc1ccco1. The molecular weight excluding hydrogens is 339 g/mol. The van der Waals surface area contributed by atoms with Gasteiger partial charge in [0.25, 0.3) is 0 Å². The van der Waals surface area contributed by atoms with Gasteiger partial charge in [-0.3, -0.25) is 4.79 Å². The fraction of sp³-hybridized carbons (Fsp3) is 0.267. The monoisotopic (exact) mass is 354 g/mol. The van der Waals surface area contributed by atoms with Gasteiger partial charge < -0.3 is 15.1 Å². The molecule has 4 nitrogen and oxygen atoms in total. The molecule has 1 heterocycles. The minimum absolute atomic E-state index is 0.161. The predicted molar refractivity (Wildman–Crippen MR) is 82.5 cm³/mol. The molecule has 2 aromatic rings. The van der Waals surface area contributed by atoms with Gasteiger partial charge >= 0.3 is 0 Å². The van der Waals surface area contributed by atoms with Gasteiger partial charge in [-0.15, -0.1) is 0 Å². The number of aryl methyl sites for hydroxylation is 1. The van der Waals surface area contributed by atoms with Crippen molar-refractivity contribution in [3.63, 3.8) is 0 Å². The van der Waals surface area contributed by atoms with E-state index >= 15 is 0 Å². The Kier molecular flexibility index (Phi) is 5.01. The first-order valence-corrected chi connectivity index (χ1v) is 7.29. The molecule has 0 aliphatic heterocycles. The van der Waals surface area contributed by atoms with Crippen molar-refractivity contribution in [2.24, 2.45) is 0 Å². The molecule has 0 spiro atoms. The molecule has 0 bridgehead atoms. The summed E-state index contributed by atoms with van der Waals surface area (Å²) in [6.45, 7) is 3.86. The minimum Gasteiger partial charge on any atom is -0.467 e. The van der Waals surface area contributed by atoms with Crippen LogP contribution in [0.2, 0.25) is 0 Å². The van der Waals surface area contributed by atoms with Gasteiger partial charge in [0.15, 0.2) is 0 Å². The molecule has 2 rings (SSSR count). The van der Waals surface area contributed by atoms with Crippen molar-refractivity contribution in [2.45, 2.75) is 26.4 Å². The molecule has 1 atom stereocenters. The van der Waals surface area contributed by atoms with Crippen LogP contribution in [0.1, 0.15) is 18.2 Å². The molecule has 1 aromatic heterocycles. The molecule has 112 valence electrons. The van der Waals surface area contributed by atoms with Crippen LogP contribution in [0.4, 0.5) is 10.1 Å². The molecule has 1 unspecified atom stereocenters. The lowest BCUT2D eigenvalue weighted by molar-refractivity contribution is -0.121. The highest BCUT2D eigenvalue weighted by atomic mass is 79.9. The number of carbonyl (C=O) groups excluding carboxylic acids is 1. The lowest BCUT2D eigenvalue weighted by Gasteiger charge is -2.17. The highest BCUT2D eigenvalue weighted by Crippen LogP contribution is 2.24. The summed E-state index contributed by atoms with van der Waals surface area (Å²) in [4.78, 5) is 12.0. The van der Waals surface area contributed by atoms with Crippen molar-refractivity contribution in [2.75, 3.05) is 5.32 Å². The Bertz CT molecular complexity index is 629. The summed E-state index contributed by atoms with van der Waals surface area (Å²) in [7, 11) is 0. The molecule has 6 heteroatoms. The Morgan fingerprint density at radius 3 is 2.90 bits per heavy atom. The summed E-state index contributed by atoms with van der Waals surface area (Å²) in [6, 6.07) is 6.15. The third-order valence-corrected chi connectivity index (χ3v) is 3.66. The smallest absolute Gasteiger partial charge is 0.242 e. The number of benzene rings is 1. The van der Waals surface area contributed by atoms with Crippen molar-refractivity contribution in [3.05, 3.63) is 52.1 Å². The first-order chi connectivity index (χ1) is 9.97. The summed E-state index contributed by atoms with van der Waals surface area (Å²) < 4.78 is 18.9. The van der Waals surface area contributed by atoms with Crippen molar-refractivity contribution in [1.82, 2.24) is 5.32 Å². The van der Waals surface area contributed by atoms with Crippen LogP contribution in [0.5, 0.6) is 0 Å². The average Bonchev–Trinajstić information content (AvgIpc) is 2.95. The van der Waals surface area contributed by atoms with Crippen molar-refractivity contribution in [3.8, 4) is 0 Å². The molecule has 0 radical (unpaired) electrons. The van der Waals surface area contributed by atoms with E-state index in [4.69, 9.17) is 4.42 Å². The number of anilines is 1. The van der Waals surface area contributed by atoms with Gasteiger partial charge in [-0.25, -0.2) is 4.39 Å². The third-order valence-electron chi connectivity index (χ3n) is 3.05. The first-order valence-electron chi connectivity index (χ1n) is 6.49. The normalized spacial score (nSPS) is 12.0. The van der Waals surface area contributed by atoms with Gasteiger partial charge in [0.2, 0.25) is 5.91 Å². The molecule has 0 saturated carbocycles. The second-order valence-electron chi connectivity index (χ2n) is 4.74. The zero-order valence-electron chi connectivity index (χ0n) is 11.7. The maximum absolute atomic E-state index is 13.4. The van der Waals surface area contributed by atoms with E-state index in [0.29, 0.717) is 22.5 Å². The van der Waals surface area contributed by atoms with Crippen molar-refractivity contribution in [1.29, 1.82) is 0 Å². The van der Waals surface area contributed by atoms with E-state index in [-0.39, 0.29) is 11.7 Å². The van der Waals surface area contributed by atoms with E-state index in [0.717, 1.165) is 5.56 Å². The fourth-order valence-corrected chi connectivity index (χ4v) is 2.18. The van der Waals surface area contributed by atoms with E-state index in [1.54, 1.807) is 38.3 Å². The number of halogens is 2. The summed E-state index contributed by atoms with van der Waals surface area (Å²) in [6.07, 6.45) is 1.56. The van der Waals surface area contributed by atoms with Crippen LogP contribution in [-0.2, 0) is 11.3 Å². The number of amides is 1. The molecule has 1 aromatic carbocycles. The van der Waals surface area contributed by atoms with Crippen LogP contribution in [0, 0.1) is 12.7 Å². The van der Waals surface area contributed by atoms with Crippen LogP contribution >= 0.6 is 15.9 Å². The van der Waals surface area contributed by atoms with Gasteiger partial charge in [0.1, 0.15) is 17.6 Å². The van der Waals surface area contributed by atoms with E-state index in [1.807, 2.05) is 0 Å². The Morgan fingerprint density at radius 2 is 2.24 bits per heavy atom. The summed E-state index contributed by atoms with van der Waals surface area (Å²) in [5.41, 5.74) is 1.45. The lowest BCUT2D eigenvalue weighted by Crippen LogP contribution is -2.37. The summed E-state index contributed by atoms with van der Waals surface area (Å²) in [5.74, 6) is 0.204. The summed E-state index contributed by atoms with van der Waals surface area (Å²) in [5, 5.41) is 5.84. The van der Waals surface area contributed by atoms with Gasteiger partial charge in [-0.2, -0.15) is 0 Å². The topological polar surface area (TPSA) is 54.3 Å². The molecule has 0 fully saturated rings. The van der Waals surface area contributed by atoms with E-state index < -0.39 is 6.04 Å². The van der Waals surface area contributed by atoms with Crippen LogP contribution in [0.15, 0.2) is 39.4 Å². The molecule has 1 amide bonds. The standard InChI is InChI=1S/C15H16BrFN2O2/c1-9-6-13(17)12(16)7-14(9)19-10(2)15(20)18-8-11-4-3-5-21-11/h3-7,10,19H,8H2,1-2H3,(H,18,20). The predicted octanol–water partition coefficient (Wildman–Crippen LogP) is 3.61. The number of hydrogen-bond donors (Lipinski definition) is 2. The summed E-state index contributed by atoms with van der Waals surface area (Å²) >= 11 is 3.14. The molecule has 0 aliphatic carbocycles. The maximum Gasteiger partial charge on any atom is 0.242 e. The minimum atomic E-state index is -0.448. The zero-order valence-corrected chi connectivity index (χ0v) is 13.3. The highest BCUT2D eigenvalue weighted by Gasteiger charge is 2.14. The highest BCUT2D eigenvalue weighted by molar-refractivity contribution is 9.10. The van der Waals surface area contributed by atoms with Gasteiger partial charge in [0.05, 0.1) is 17.3 Å². The van der Waals surface area contributed by atoms with E-state index in [1.165, 1.54) is 6.07 Å². The van der Waals surface area contributed by atoms with Crippen molar-refractivity contribution < 1.29 is 13.6 Å². The average molecular weight is 355 g/mol. The van der Waals surface area contributed by atoms with Gasteiger partial charge in [-0.1, -0.05) is 0 Å². The van der Waals surface area contributed by atoms with Crippen LogP contribution in [0.25, 0.3) is 0 Å².